The molecule has 0 radical (unpaired) electrons. The molecule has 1 fully saturated rings. The average molecular weight is 173 g/mol. The van der Waals surface area contributed by atoms with E-state index in [2.05, 4.69) is 24.2 Å². The van der Waals surface area contributed by atoms with Crippen molar-refractivity contribution in [1.29, 1.82) is 0 Å². The smallest absolute Gasteiger partial charge is 0.158 e. The highest BCUT2D eigenvalue weighted by Crippen LogP contribution is 2.18. The first kappa shape index (κ1) is 8.87. The first-order valence-corrected chi connectivity index (χ1v) is 4.76. The number of hydrogen-bond acceptors (Lipinski definition) is 3. The third-order valence-electron chi connectivity index (χ3n) is 1.28. The summed E-state index contributed by atoms with van der Waals surface area (Å²) in [7, 11) is 0. The van der Waals surface area contributed by atoms with Crippen molar-refractivity contribution in [2.75, 3.05) is 5.75 Å². The molecule has 0 aromatic carbocycles. The molecule has 3 N–H and O–H groups in total. The topological polar surface area (TPSA) is 50.4 Å². The molecule has 0 spiro atoms. The van der Waals surface area contributed by atoms with Crippen molar-refractivity contribution >= 4 is 16.9 Å². The van der Waals surface area contributed by atoms with Crippen molar-refractivity contribution in [3.63, 3.8) is 0 Å². The summed E-state index contributed by atoms with van der Waals surface area (Å²) < 4.78 is 0. The zero-order chi connectivity index (χ0) is 8.48. The molecule has 1 aliphatic rings. The van der Waals surface area contributed by atoms with Gasteiger partial charge in [0.15, 0.2) is 5.17 Å². The number of nitrogens with one attached hydrogen (secondary N) is 1. The van der Waals surface area contributed by atoms with E-state index in [-0.39, 0.29) is 5.66 Å². The van der Waals surface area contributed by atoms with E-state index in [1.807, 2.05) is 6.92 Å². The maximum atomic E-state index is 5.83. The van der Waals surface area contributed by atoms with Crippen LogP contribution in [-0.2, 0) is 0 Å². The first-order chi connectivity index (χ1) is 4.99. The molecule has 1 aliphatic heterocycles. The Morgan fingerprint density at radius 2 is 2.36 bits per heavy atom. The third kappa shape index (κ3) is 2.71. The second-order valence-electron chi connectivity index (χ2n) is 3.36. The van der Waals surface area contributed by atoms with Gasteiger partial charge in [0, 0.05) is 11.8 Å². The maximum Gasteiger partial charge on any atom is 0.158 e. The fourth-order valence-corrected chi connectivity index (χ4v) is 1.94. The number of nitrogens with zero attached hydrogens (tertiary/aromatic N) is 1. The zero-order valence-electron chi connectivity index (χ0n) is 7.22. The largest absolute Gasteiger partial charge is 0.347 e. The van der Waals surface area contributed by atoms with E-state index in [0.29, 0.717) is 6.04 Å². The zero-order valence-corrected chi connectivity index (χ0v) is 8.03. The molecule has 0 saturated carbocycles. The number of hydrogen-bond donors (Lipinski definition) is 2. The summed E-state index contributed by atoms with van der Waals surface area (Å²) in [4.78, 5) is 4.36. The lowest BCUT2D eigenvalue weighted by atomic mass is 10.3. The van der Waals surface area contributed by atoms with Gasteiger partial charge in [0.25, 0.3) is 0 Å². The maximum absolute atomic E-state index is 5.83. The lowest BCUT2D eigenvalue weighted by Crippen LogP contribution is -2.49. The van der Waals surface area contributed by atoms with Crippen LogP contribution in [0.4, 0.5) is 0 Å². The monoisotopic (exact) mass is 173 g/mol. The highest BCUT2D eigenvalue weighted by Gasteiger charge is 2.27. The molecule has 0 aromatic rings. The van der Waals surface area contributed by atoms with Crippen LogP contribution in [0.3, 0.4) is 0 Å². The van der Waals surface area contributed by atoms with Crippen molar-refractivity contribution < 1.29 is 0 Å². The van der Waals surface area contributed by atoms with E-state index < -0.39 is 0 Å². The van der Waals surface area contributed by atoms with Gasteiger partial charge in [0.1, 0.15) is 0 Å². The van der Waals surface area contributed by atoms with E-state index in [1.54, 1.807) is 11.8 Å². The minimum absolute atomic E-state index is 0.265. The van der Waals surface area contributed by atoms with Crippen molar-refractivity contribution in [3.8, 4) is 0 Å². The molecule has 1 heterocycles. The number of aliphatic imine (C=N–C) groups is 1. The van der Waals surface area contributed by atoms with Crippen LogP contribution in [0, 0.1) is 0 Å². The van der Waals surface area contributed by atoms with Gasteiger partial charge in [-0.1, -0.05) is 11.8 Å². The summed E-state index contributed by atoms with van der Waals surface area (Å²) >= 11 is 1.69. The van der Waals surface area contributed by atoms with Gasteiger partial charge in [-0.2, -0.15) is 0 Å². The van der Waals surface area contributed by atoms with Gasteiger partial charge >= 0.3 is 0 Å². The Balaban J connectivity index is 2.54. The molecule has 3 nitrogen and oxygen atoms in total. The number of thioether (sulfide) groups is 1. The molecule has 1 atom stereocenters. The second-order valence-corrected chi connectivity index (χ2v) is 4.32. The normalized spacial score (nSPS) is 34.8. The molecule has 0 aliphatic carbocycles. The van der Waals surface area contributed by atoms with Gasteiger partial charge in [-0.05, 0) is 20.8 Å². The molecule has 1 rings (SSSR count). The third-order valence-corrected chi connectivity index (χ3v) is 2.50. The van der Waals surface area contributed by atoms with Crippen LogP contribution in [0.15, 0.2) is 4.99 Å². The van der Waals surface area contributed by atoms with E-state index in [4.69, 9.17) is 5.73 Å². The summed E-state index contributed by atoms with van der Waals surface area (Å²) in [5.74, 6) is 0.901. The lowest BCUT2D eigenvalue weighted by molar-refractivity contribution is 0.505. The Kier molecular flexibility index (Phi) is 2.44. The molecule has 0 aromatic heterocycles. The van der Waals surface area contributed by atoms with Gasteiger partial charge in [0.05, 0.1) is 5.66 Å². The van der Waals surface area contributed by atoms with Crippen LogP contribution < -0.4 is 11.1 Å². The number of amidine groups is 1. The Bertz CT molecular complexity index is 175. The Hall–Kier alpha value is -0.220. The van der Waals surface area contributed by atoms with Gasteiger partial charge in [-0.3, -0.25) is 4.99 Å². The summed E-state index contributed by atoms with van der Waals surface area (Å²) in [5, 5.41) is 4.13. The lowest BCUT2D eigenvalue weighted by Gasteiger charge is -2.16. The van der Waals surface area contributed by atoms with Gasteiger partial charge in [-0.25, -0.2) is 0 Å². The van der Waals surface area contributed by atoms with E-state index in [0.717, 1.165) is 10.9 Å². The van der Waals surface area contributed by atoms with Crippen LogP contribution in [-0.4, -0.2) is 22.6 Å². The van der Waals surface area contributed by atoms with Crippen LogP contribution in [0.2, 0.25) is 0 Å². The highest BCUT2D eigenvalue weighted by atomic mass is 32.2. The molecule has 1 unspecified atom stereocenters. The number of nitrogens with two attached hydrogens (primary N) is 1. The van der Waals surface area contributed by atoms with Gasteiger partial charge < -0.3 is 11.1 Å². The fourth-order valence-electron chi connectivity index (χ4n) is 0.839. The average Bonchev–Trinajstić information content (AvgIpc) is 2.08. The van der Waals surface area contributed by atoms with Crippen LogP contribution >= 0.6 is 11.8 Å². The molecule has 11 heavy (non-hydrogen) atoms. The Labute approximate surface area is 71.8 Å². The van der Waals surface area contributed by atoms with E-state index >= 15 is 0 Å². The molecular weight excluding hydrogens is 158 g/mol. The molecular formula is C7H15N3S. The number of rotatable bonds is 1. The minimum Gasteiger partial charge on any atom is -0.347 e. The van der Waals surface area contributed by atoms with E-state index in [1.165, 1.54) is 0 Å². The Morgan fingerprint density at radius 3 is 2.73 bits per heavy atom. The van der Waals surface area contributed by atoms with Crippen molar-refractivity contribution in [2.24, 2.45) is 10.7 Å². The summed E-state index contributed by atoms with van der Waals surface area (Å²) in [6.45, 7) is 6.09. The first-order valence-electron chi connectivity index (χ1n) is 3.77. The summed E-state index contributed by atoms with van der Waals surface area (Å²) in [5.41, 5.74) is 5.57. The predicted molar refractivity (Wildman–Crippen MR) is 50.8 cm³/mol. The van der Waals surface area contributed by atoms with Crippen molar-refractivity contribution in [2.45, 2.75) is 32.5 Å². The van der Waals surface area contributed by atoms with Crippen LogP contribution in [0.25, 0.3) is 0 Å². The molecule has 0 amide bonds. The second kappa shape index (κ2) is 3.03. The quantitative estimate of drug-likeness (QED) is 0.615. The highest BCUT2D eigenvalue weighted by molar-refractivity contribution is 8.14. The van der Waals surface area contributed by atoms with Crippen molar-refractivity contribution in [3.05, 3.63) is 0 Å². The predicted octanol–water partition coefficient (Wildman–Crippen LogP) is 0.762. The van der Waals surface area contributed by atoms with Crippen LogP contribution in [0.1, 0.15) is 20.8 Å². The minimum atomic E-state index is -0.265. The van der Waals surface area contributed by atoms with Gasteiger partial charge in [-0.15, -0.1) is 0 Å². The summed E-state index contributed by atoms with van der Waals surface area (Å²) in [6.07, 6.45) is 0. The SMILES string of the molecule is CC(C)N=C1NC(C)(N)CS1. The fraction of sp³-hybridized carbons (Fsp3) is 0.857. The van der Waals surface area contributed by atoms with Gasteiger partial charge in [0.2, 0.25) is 0 Å². The van der Waals surface area contributed by atoms with Crippen molar-refractivity contribution in [1.82, 2.24) is 5.32 Å². The summed E-state index contributed by atoms with van der Waals surface area (Å²) in [6, 6.07) is 0.346. The molecule has 64 valence electrons. The standard InChI is InChI=1S/C7H15N3S/c1-5(2)9-6-10-7(3,8)4-11-6/h5H,4,8H2,1-3H3,(H,9,10). The molecule has 1 saturated heterocycles. The van der Waals surface area contributed by atoms with Crippen LogP contribution in [0.5, 0.6) is 0 Å². The molecule has 4 heteroatoms. The molecule has 0 bridgehead atoms. The Morgan fingerprint density at radius 1 is 1.73 bits per heavy atom. The van der Waals surface area contributed by atoms with E-state index in [9.17, 15) is 0 Å².